The summed E-state index contributed by atoms with van der Waals surface area (Å²) in [5, 5.41) is 4.40. The normalized spacial score (nSPS) is 10.5. The number of methoxy groups -OCH3 is 2. The Morgan fingerprint density at radius 2 is 1.89 bits per heavy atom. The molecule has 100 valence electrons. The summed E-state index contributed by atoms with van der Waals surface area (Å²) in [7, 11) is 5.06. The van der Waals surface area contributed by atoms with Crippen molar-refractivity contribution in [3.05, 3.63) is 29.3 Å². The van der Waals surface area contributed by atoms with Gasteiger partial charge >= 0.3 is 0 Å². The number of hydrogen-bond acceptors (Lipinski definition) is 3. The summed E-state index contributed by atoms with van der Waals surface area (Å²) in [6, 6.07) is 7.35. The van der Waals surface area contributed by atoms with Gasteiger partial charge in [0.1, 0.15) is 0 Å². The zero-order valence-corrected chi connectivity index (χ0v) is 12.2. The molecule has 0 aliphatic carbocycles. The van der Waals surface area contributed by atoms with Crippen molar-refractivity contribution in [2.45, 2.75) is 6.29 Å². The third-order valence-electron chi connectivity index (χ3n) is 2.39. The highest BCUT2D eigenvalue weighted by molar-refractivity contribution is 7.80. The van der Waals surface area contributed by atoms with E-state index in [0.717, 1.165) is 5.69 Å². The second-order valence-electron chi connectivity index (χ2n) is 3.72. The Hall–Kier alpha value is -0.880. The van der Waals surface area contributed by atoms with E-state index < -0.39 is 0 Å². The molecular formula is C12H17ClN2O2S. The van der Waals surface area contributed by atoms with Gasteiger partial charge in [0, 0.05) is 32.0 Å². The number of nitrogens with one attached hydrogen (secondary N) is 1. The first-order valence-electron chi connectivity index (χ1n) is 5.40. The van der Waals surface area contributed by atoms with Crippen LogP contribution in [0.15, 0.2) is 24.3 Å². The van der Waals surface area contributed by atoms with Crippen LogP contribution in [0, 0.1) is 0 Å². The van der Waals surface area contributed by atoms with Gasteiger partial charge in [-0.1, -0.05) is 11.6 Å². The van der Waals surface area contributed by atoms with E-state index in [9.17, 15) is 0 Å². The van der Waals surface area contributed by atoms with Crippen molar-refractivity contribution in [3.8, 4) is 0 Å². The van der Waals surface area contributed by atoms with E-state index in [2.05, 4.69) is 5.32 Å². The molecule has 1 rings (SSSR count). The fraction of sp³-hybridized carbons (Fsp3) is 0.417. The van der Waals surface area contributed by atoms with E-state index in [-0.39, 0.29) is 6.29 Å². The van der Waals surface area contributed by atoms with Gasteiger partial charge in [-0.15, -0.1) is 0 Å². The maximum Gasteiger partial charge on any atom is 0.174 e. The van der Waals surface area contributed by atoms with E-state index in [1.165, 1.54) is 0 Å². The predicted octanol–water partition coefficient (Wildman–Crippen LogP) is 2.59. The van der Waals surface area contributed by atoms with Crippen molar-refractivity contribution in [1.29, 1.82) is 0 Å². The first-order valence-corrected chi connectivity index (χ1v) is 6.18. The number of halogens is 1. The Morgan fingerprint density at radius 3 is 2.39 bits per heavy atom. The van der Waals surface area contributed by atoms with E-state index in [4.69, 9.17) is 33.3 Å². The van der Waals surface area contributed by atoms with Crippen LogP contribution < -0.4 is 5.32 Å². The van der Waals surface area contributed by atoms with Crippen molar-refractivity contribution in [3.63, 3.8) is 0 Å². The highest BCUT2D eigenvalue weighted by atomic mass is 35.5. The SMILES string of the molecule is COC(CN(C)C(=S)Nc1ccc(Cl)cc1)OC. The Labute approximate surface area is 118 Å². The summed E-state index contributed by atoms with van der Waals surface area (Å²) in [6.45, 7) is 0.548. The second kappa shape index (κ2) is 7.53. The van der Waals surface area contributed by atoms with Crippen LogP contribution >= 0.6 is 23.8 Å². The fourth-order valence-electron chi connectivity index (χ4n) is 1.30. The maximum atomic E-state index is 5.81. The van der Waals surface area contributed by atoms with Crippen molar-refractivity contribution < 1.29 is 9.47 Å². The van der Waals surface area contributed by atoms with E-state index in [1.54, 1.807) is 26.4 Å². The van der Waals surface area contributed by atoms with Crippen LogP contribution in [0.2, 0.25) is 5.02 Å². The number of benzene rings is 1. The summed E-state index contributed by atoms with van der Waals surface area (Å²) < 4.78 is 10.2. The third kappa shape index (κ3) is 4.78. The number of anilines is 1. The summed E-state index contributed by atoms with van der Waals surface area (Å²) in [5.41, 5.74) is 0.891. The molecule has 0 saturated carbocycles. The minimum Gasteiger partial charge on any atom is -0.354 e. The average molecular weight is 289 g/mol. The summed E-state index contributed by atoms with van der Waals surface area (Å²) in [4.78, 5) is 1.85. The number of nitrogens with zero attached hydrogens (tertiary/aromatic N) is 1. The van der Waals surface area contributed by atoms with E-state index in [1.807, 2.05) is 24.1 Å². The molecule has 0 spiro atoms. The molecule has 0 saturated heterocycles. The molecular weight excluding hydrogens is 272 g/mol. The lowest BCUT2D eigenvalue weighted by Gasteiger charge is -2.24. The molecule has 0 atom stereocenters. The molecule has 0 bridgehead atoms. The molecule has 1 aromatic carbocycles. The first-order chi connectivity index (χ1) is 8.56. The lowest BCUT2D eigenvalue weighted by Crippen LogP contribution is -2.38. The molecule has 0 amide bonds. The van der Waals surface area contributed by atoms with Gasteiger partial charge < -0.3 is 19.7 Å². The lowest BCUT2D eigenvalue weighted by molar-refractivity contribution is -0.107. The molecule has 1 aromatic rings. The van der Waals surface area contributed by atoms with Crippen molar-refractivity contribution >= 4 is 34.6 Å². The molecule has 0 radical (unpaired) electrons. The van der Waals surface area contributed by atoms with Crippen LogP contribution in [0.4, 0.5) is 5.69 Å². The monoisotopic (exact) mass is 288 g/mol. The van der Waals surface area contributed by atoms with Gasteiger partial charge in [-0.2, -0.15) is 0 Å². The molecule has 0 heterocycles. The topological polar surface area (TPSA) is 33.7 Å². The van der Waals surface area contributed by atoms with Gasteiger partial charge in [-0.3, -0.25) is 0 Å². The number of likely N-dealkylation sites (N-methyl/N-ethyl adjacent to an activating group) is 1. The van der Waals surface area contributed by atoms with Crippen LogP contribution in [0.3, 0.4) is 0 Å². The number of rotatable bonds is 5. The average Bonchev–Trinajstić information content (AvgIpc) is 2.38. The zero-order valence-electron chi connectivity index (χ0n) is 10.6. The highest BCUT2D eigenvalue weighted by Crippen LogP contribution is 2.13. The van der Waals surface area contributed by atoms with Crippen molar-refractivity contribution in [2.75, 3.05) is 33.1 Å². The molecule has 18 heavy (non-hydrogen) atoms. The Kier molecular flexibility index (Phi) is 6.35. The molecule has 0 fully saturated rings. The predicted molar refractivity (Wildman–Crippen MR) is 78.1 cm³/mol. The standard InChI is InChI=1S/C12H17ClN2O2S/c1-15(8-11(16-2)17-3)12(18)14-10-6-4-9(13)5-7-10/h4-7,11H,8H2,1-3H3,(H,14,18). The van der Waals surface area contributed by atoms with Crippen LogP contribution in [0.5, 0.6) is 0 Å². The quantitative estimate of drug-likeness (QED) is 0.665. The van der Waals surface area contributed by atoms with Crippen LogP contribution in [-0.2, 0) is 9.47 Å². The Bertz CT molecular complexity index is 382. The van der Waals surface area contributed by atoms with Gasteiger partial charge in [0.15, 0.2) is 11.4 Å². The first kappa shape index (κ1) is 15.2. The van der Waals surface area contributed by atoms with Crippen LogP contribution in [-0.4, -0.2) is 44.1 Å². The molecule has 0 aliphatic heterocycles. The maximum absolute atomic E-state index is 5.81. The lowest BCUT2D eigenvalue weighted by atomic mass is 10.3. The zero-order chi connectivity index (χ0) is 13.5. The Balaban J connectivity index is 2.51. The van der Waals surface area contributed by atoms with Gasteiger partial charge in [0.25, 0.3) is 0 Å². The van der Waals surface area contributed by atoms with Crippen molar-refractivity contribution in [1.82, 2.24) is 4.90 Å². The Morgan fingerprint density at radius 1 is 1.33 bits per heavy atom. The number of hydrogen-bond donors (Lipinski definition) is 1. The molecule has 1 N–H and O–H groups in total. The third-order valence-corrected chi connectivity index (χ3v) is 3.06. The number of ether oxygens (including phenoxy) is 2. The summed E-state index contributed by atoms with van der Waals surface area (Å²) >= 11 is 11.1. The highest BCUT2D eigenvalue weighted by Gasteiger charge is 2.11. The summed E-state index contributed by atoms with van der Waals surface area (Å²) in [6.07, 6.45) is -0.306. The van der Waals surface area contributed by atoms with Crippen molar-refractivity contribution in [2.24, 2.45) is 0 Å². The van der Waals surface area contributed by atoms with E-state index in [0.29, 0.717) is 16.7 Å². The molecule has 6 heteroatoms. The van der Waals surface area contributed by atoms with E-state index >= 15 is 0 Å². The summed E-state index contributed by atoms with van der Waals surface area (Å²) in [5.74, 6) is 0. The molecule has 4 nitrogen and oxygen atoms in total. The van der Waals surface area contributed by atoms with Crippen LogP contribution in [0.1, 0.15) is 0 Å². The minimum atomic E-state index is -0.306. The minimum absolute atomic E-state index is 0.306. The largest absolute Gasteiger partial charge is 0.354 e. The van der Waals surface area contributed by atoms with Gasteiger partial charge in [-0.05, 0) is 36.5 Å². The smallest absolute Gasteiger partial charge is 0.174 e. The fourth-order valence-corrected chi connectivity index (χ4v) is 1.62. The molecule has 0 unspecified atom stereocenters. The van der Waals surface area contributed by atoms with Crippen LogP contribution in [0.25, 0.3) is 0 Å². The van der Waals surface area contributed by atoms with Gasteiger partial charge in [-0.25, -0.2) is 0 Å². The second-order valence-corrected chi connectivity index (χ2v) is 4.54. The van der Waals surface area contributed by atoms with Gasteiger partial charge in [0.05, 0.1) is 6.54 Å². The van der Waals surface area contributed by atoms with Gasteiger partial charge in [0.2, 0.25) is 0 Å². The number of thiocarbonyl (C=S) groups is 1. The molecule has 0 aromatic heterocycles. The molecule has 0 aliphatic rings.